The van der Waals surface area contributed by atoms with E-state index in [1.54, 1.807) is 6.92 Å². The first-order chi connectivity index (χ1) is 8.47. The maximum absolute atomic E-state index is 13.8. The number of benzene rings is 1. The van der Waals surface area contributed by atoms with Gasteiger partial charge in [-0.3, -0.25) is 0 Å². The lowest BCUT2D eigenvalue weighted by atomic mass is 10.2. The van der Waals surface area contributed by atoms with Gasteiger partial charge in [-0.1, -0.05) is 19.9 Å². The van der Waals surface area contributed by atoms with Crippen LogP contribution >= 0.6 is 11.6 Å². The predicted molar refractivity (Wildman–Crippen MR) is 70.7 cm³/mol. The van der Waals surface area contributed by atoms with Gasteiger partial charge in [0, 0.05) is 19.0 Å². The Hall–Kier alpha value is -0.650. The van der Waals surface area contributed by atoms with Crippen LogP contribution in [0.2, 0.25) is 0 Å². The zero-order chi connectivity index (χ0) is 13.8. The summed E-state index contributed by atoms with van der Waals surface area (Å²) in [6.45, 7) is 4.33. The molecule has 102 valence electrons. The van der Waals surface area contributed by atoms with Crippen LogP contribution in [0, 0.1) is 5.82 Å². The van der Waals surface area contributed by atoms with Crippen molar-refractivity contribution in [2.45, 2.75) is 31.0 Å². The topological polar surface area (TPSA) is 37.4 Å². The quantitative estimate of drug-likeness (QED) is 0.756. The van der Waals surface area contributed by atoms with Crippen LogP contribution < -0.4 is 0 Å². The molecule has 0 saturated heterocycles. The molecule has 0 fully saturated rings. The van der Waals surface area contributed by atoms with E-state index < -0.39 is 15.8 Å². The Balaban J connectivity index is 3.19. The summed E-state index contributed by atoms with van der Waals surface area (Å²) >= 11 is 5.58. The molecule has 3 nitrogen and oxygen atoms in total. The molecule has 1 aromatic carbocycles. The molecule has 0 amide bonds. The zero-order valence-electron chi connectivity index (χ0n) is 10.5. The van der Waals surface area contributed by atoms with Gasteiger partial charge in [0.1, 0.15) is 10.7 Å². The second kappa shape index (κ2) is 6.50. The average Bonchev–Trinajstić information content (AvgIpc) is 2.35. The van der Waals surface area contributed by atoms with Gasteiger partial charge in [0.2, 0.25) is 10.0 Å². The van der Waals surface area contributed by atoms with Crippen molar-refractivity contribution in [3.8, 4) is 0 Å². The van der Waals surface area contributed by atoms with E-state index in [0.717, 1.165) is 0 Å². The van der Waals surface area contributed by atoms with Gasteiger partial charge in [0.05, 0.1) is 0 Å². The van der Waals surface area contributed by atoms with Crippen molar-refractivity contribution in [3.05, 3.63) is 29.6 Å². The van der Waals surface area contributed by atoms with Crippen LogP contribution in [0.3, 0.4) is 0 Å². The summed E-state index contributed by atoms with van der Waals surface area (Å²) in [6.07, 6.45) is 0.689. The fraction of sp³-hybridized carbons (Fsp3) is 0.500. The summed E-state index contributed by atoms with van der Waals surface area (Å²) in [5, 5.41) is 0. The summed E-state index contributed by atoms with van der Waals surface area (Å²) in [6, 6.07) is 3.98. The number of hydrogen-bond acceptors (Lipinski definition) is 2. The highest BCUT2D eigenvalue weighted by Crippen LogP contribution is 2.21. The molecule has 0 heterocycles. The number of halogens is 2. The minimum atomic E-state index is -3.75. The third kappa shape index (κ3) is 3.22. The SMILES string of the molecule is CCCN(CC)S(=O)(=O)c1ccc(CCl)cc1F. The minimum absolute atomic E-state index is 0.156. The zero-order valence-corrected chi connectivity index (χ0v) is 12.1. The van der Waals surface area contributed by atoms with E-state index in [1.807, 2.05) is 6.92 Å². The Morgan fingerprint density at radius 3 is 2.44 bits per heavy atom. The first-order valence-corrected chi connectivity index (χ1v) is 7.79. The van der Waals surface area contributed by atoms with E-state index in [2.05, 4.69) is 0 Å². The summed E-state index contributed by atoms with van der Waals surface area (Å²) in [7, 11) is -3.75. The lowest BCUT2D eigenvalue weighted by Gasteiger charge is -2.20. The monoisotopic (exact) mass is 293 g/mol. The first kappa shape index (κ1) is 15.4. The molecule has 18 heavy (non-hydrogen) atoms. The van der Waals surface area contributed by atoms with E-state index in [9.17, 15) is 12.8 Å². The van der Waals surface area contributed by atoms with Crippen LogP contribution in [-0.2, 0) is 15.9 Å². The molecule has 0 atom stereocenters. The van der Waals surface area contributed by atoms with Gasteiger partial charge in [0.25, 0.3) is 0 Å². The first-order valence-electron chi connectivity index (χ1n) is 5.81. The van der Waals surface area contributed by atoms with Crippen LogP contribution in [0.1, 0.15) is 25.8 Å². The van der Waals surface area contributed by atoms with Crippen molar-refractivity contribution >= 4 is 21.6 Å². The van der Waals surface area contributed by atoms with Crippen molar-refractivity contribution < 1.29 is 12.8 Å². The van der Waals surface area contributed by atoms with E-state index >= 15 is 0 Å². The molecule has 0 N–H and O–H groups in total. The van der Waals surface area contributed by atoms with Gasteiger partial charge < -0.3 is 0 Å². The van der Waals surface area contributed by atoms with Gasteiger partial charge in [-0.05, 0) is 24.1 Å². The molecule has 0 aromatic heterocycles. The molecular formula is C12H17ClFNO2S. The predicted octanol–water partition coefficient (Wildman–Crippen LogP) is 2.99. The van der Waals surface area contributed by atoms with Crippen molar-refractivity contribution in [2.75, 3.05) is 13.1 Å². The molecule has 0 spiro atoms. The summed E-state index contributed by atoms with van der Waals surface area (Å²) in [5.74, 6) is -0.591. The Labute approximate surface area is 113 Å². The maximum atomic E-state index is 13.8. The van der Waals surface area contributed by atoms with Crippen molar-refractivity contribution in [1.82, 2.24) is 4.31 Å². The smallest absolute Gasteiger partial charge is 0.207 e. The van der Waals surface area contributed by atoms with E-state index in [1.165, 1.54) is 22.5 Å². The molecule has 0 aliphatic heterocycles. The van der Waals surface area contributed by atoms with Crippen molar-refractivity contribution in [2.24, 2.45) is 0 Å². The van der Waals surface area contributed by atoms with Gasteiger partial charge in [-0.15, -0.1) is 11.6 Å². The lowest BCUT2D eigenvalue weighted by Crippen LogP contribution is -2.32. The fourth-order valence-electron chi connectivity index (χ4n) is 1.67. The van der Waals surface area contributed by atoms with Crippen molar-refractivity contribution in [3.63, 3.8) is 0 Å². The highest BCUT2D eigenvalue weighted by molar-refractivity contribution is 7.89. The van der Waals surface area contributed by atoms with Crippen LogP contribution in [0.25, 0.3) is 0 Å². The van der Waals surface area contributed by atoms with Gasteiger partial charge in [0.15, 0.2) is 0 Å². The minimum Gasteiger partial charge on any atom is -0.207 e. The number of rotatable bonds is 6. The van der Waals surface area contributed by atoms with Crippen LogP contribution in [0.4, 0.5) is 4.39 Å². The molecule has 0 radical (unpaired) electrons. The molecule has 1 aromatic rings. The lowest BCUT2D eigenvalue weighted by molar-refractivity contribution is 0.423. The number of alkyl halides is 1. The highest BCUT2D eigenvalue weighted by atomic mass is 35.5. The van der Waals surface area contributed by atoms with Gasteiger partial charge >= 0.3 is 0 Å². The summed E-state index contributed by atoms with van der Waals surface area (Å²) in [5.41, 5.74) is 0.562. The van der Waals surface area contributed by atoms with Crippen molar-refractivity contribution in [1.29, 1.82) is 0 Å². The molecular weight excluding hydrogens is 277 g/mol. The highest BCUT2D eigenvalue weighted by Gasteiger charge is 2.25. The normalized spacial score (nSPS) is 12.1. The molecule has 0 saturated carbocycles. The van der Waals surface area contributed by atoms with Crippen LogP contribution in [0.5, 0.6) is 0 Å². The van der Waals surface area contributed by atoms with Gasteiger partial charge in [-0.2, -0.15) is 4.31 Å². The molecule has 0 aliphatic rings. The number of hydrogen-bond donors (Lipinski definition) is 0. The molecule has 0 bridgehead atoms. The van der Waals surface area contributed by atoms with Crippen LogP contribution in [-0.4, -0.2) is 25.8 Å². The van der Waals surface area contributed by atoms with E-state index in [4.69, 9.17) is 11.6 Å². The fourth-order valence-corrected chi connectivity index (χ4v) is 3.43. The Kier molecular flexibility index (Phi) is 5.56. The molecule has 6 heteroatoms. The molecule has 0 unspecified atom stereocenters. The number of sulfonamides is 1. The third-order valence-corrected chi connectivity index (χ3v) is 4.91. The largest absolute Gasteiger partial charge is 0.245 e. The van der Waals surface area contributed by atoms with E-state index in [-0.39, 0.29) is 10.8 Å². The second-order valence-electron chi connectivity index (χ2n) is 3.90. The second-order valence-corrected chi connectivity index (χ2v) is 6.07. The summed E-state index contributed by atoms with van der Waals surface area (Å²) in [4.78, 5) is -0.285. The Bertz CT molecular complexity index is 505. The Morgan fingerprint density at radius 2 is 2.00 bits per heavy atom. The summed E-state index contributed by atoms with van der Waals surface area (Å²) < 4.78 is 39.5. The molecule has 0 aliphatic carbocycles. The third-order valence-electron chi connectivity index (χ3n) is 2.59. The van der Waals surface area contributed by atoms with Gasteiger partial charge in [-0.25, -0.2) is 12.8 Å². The average molecular weight is 294 g/mol. The number of nitrogens with zero attached hydrogens (tertiary/aromatic N) is 1. The Morgan fingerprint density at radius 1 is 1.33 bits per heavy atom. The maximum Gasteiger partial charge on any atom is 0.245 e. The standard InChI is InChI=1S/C12H17ClFNO2S/c1-3-7-15(4-2)18(16,17)12-6-5-10(9-13)8-11(12)14/h5-6,8H,3-4,7,9H2,1-2H3. The van der Waals surface area contributed by atoms with E-state index in [0.29, 0.717) is 25.1 Å². The molecule has 1 rings (SSSR count). The van der Waals surface area contributed by atoms with Crippen LogP contribution in [0.15, 0.2) is 23.1 Å².